The van der Waals surface area contributed by atoms with Crippen molar-refractivity contribution in [1.29, 1.82) is 0 Å². The minimum atomic E-state index is -0.239. The summed E-state index contributed by atoms with van der Waals surface area (Å²) in [6, 6.07) is 19.0. The number of carbonyl (C=O) groups is 1. The van der Waals surface area contributed by atoms with Crippen molar-refractivity contribution in [2.75, 3.05) is 4.90 Å². The van der Waals surface area contributed by atoms with Crippen LogP contribution in [0.4, 0.5) is 11.4 Å². The van der Waals surface area contributed by atoms with Crippen molar-refractivity contribution in [3.8, 4) is 0 Å². The Balaban J connectivity index is 2.44. The van der Waals surface area contributed by atoms with Gasteiger partial charge >= 0.3 is 0 Å². The van der Waals surface area contributed by atoms with E-state index in [2.05, 4.69) is 6.92 Å². The molecule has 1 amide bonds. The van der Waals surface area contributed by atoms with Crippen molar-refractivity contribution in [2.45, 2.75) is 0 Å². The first-order valence-corrected chi connectivity index (χ1v) is 5.05. The van der Waals surface area contributed by atoms with Crippen LogP contribution in [-0.2, 0) is 4.79 Å². The molecule has 2 aromatic rings. The van der Waals surface area contributed by atoms with Gasteiger partial charge in [0.15, 0.2) is 0 Å². The quantitative estimate of drug-likeness (QED) is 0.745. The molecule has 0 aliphatic carbocycles. The number of nitrogens with zero attached hydrogens (tertiary/aromatic N) is 1. The number of anilines is 2. The van der Waals surface area contributed by atoms with Crippen LogP contribution < -0.4 is 4.90 Å². The molecule has 0 spiro atoms. The monoisotopic (exact) mass is 210 g/mol. The number of amides is 1. The molecule has 0 aliphatic rings. The molecule has 1 radical (unpaired) electrons. The number of para-hydroxylation sites is 2. The molecule has 0 atom stereocenters. The molecule has 0 heterocycles. The molecule has 0 aromatic heterocycles. The molecular weight excluding hydrogens is 198 g/mol. The Labute approximate surface area is 95.1 Å². The fraction of sp³-hybridized carbons (Fsp3) is 0. The first-order valence-electron chi connectivity index (χ1n) is 5.05. The van der Waals surface area contributed by atoms with Crippen molar-refractivity contribution in [2.24, 2.45) is 0 Å². The Kier molecular flexibility index (Phi) is 3.01. The normalized spacial score (nSPS) is 9.81. The van der Waals surface area contributed by atoms with Crippen molar-refractivity contribution >= 4 is 17.3 Å². The van der Waals surface area contributed by atoms with Crippen molar-refractivity contribution in [3.63, 3.8) is 0 Å². The lowest BCUT2D eigenvalue weighted by Crippen LogP contribution is -2.22. The fourth-order valence-electron chi connectivity index (χ4n) is 1.59. The molecule has 0 saturated heterocycles. The van der Waals surface area contributed by atoms with E-state index in [0.717, 1.165) is 11.4 Å². The van der Waals surface area contributed by atoms with E-state index in [1.165, 1.54) is 0 Å². The van der Waals surface area contributed by atoms with E-state index in [1.54, 1.807) is 4.90 Å². The maximum absolute atomic E-state index is 11.6. The van der Waals surface area contributed by atoms with Crippen LogP contribution in [0.25, 0.3) is 0 Å². The molecule has 2 heteroatoms. The smallest absolute Gasteiger partial charge is 0.232 e. The molecule has 0 saturated carbocycles. The van der Waals surface area contributed by atoms with Gasteiger partial charge in [0, 0.05) is 18.3 Å². The van der Waals surface area contributed by atoms with Crippen LogP contribution in [-0.4, -0.2) is 5.91 Å². The zero-order chi connectivity index (χ0) is 11.4. The van der Waals surface area contributed by atoms with Gasteiger partial charge in [-0.3, -0.25) is 9.69 Å². The van der Waals surface area contributed by atoms with Gasteiger partial charge in [0.25, 0.3) is 0 Å². The average molecular weight is 210 g/mol. The van der Waals surface area contributed by atoms with E-state index in [0.29, 0.717) is 0 Å². The van der Waals surface area contributed by atoms with E-state index >= 15 is 0 Å². The summed E-state index contributed by atoms with van der Waals surface area (Å²) in [4.78, 5) is 13.1. The van der Waals surface area contributed by atoms with Crippen LogP contribution in [0.2, 0.25) is 0 Å². The summed E-state index contributed by atoms with van der Waals surface area (Å²) in [7, 11) is 0. The molecule has 0 aliphatic heterocycles. The minimum Gasteiger partial charge on any atom is -0.281 e. The van der Waals surface area contributed by atoms with Gasteiger partial charge in [-0.1, -0.05) is 36.4 Å². The van der Waals surface area contributed by atoms with Gasteiger partial charge < -0.3 is 0 Å². The topological polar surface area (TPSA) is 20.3 Å². The lowest BCUT2D eigenvalue weighted by molar-refractivity contribution is -0.113. The molecule has 16 heavy (non-hydrogen) atoms. The highest BCUT2D eigenvalue weighted by molar-refractivity contribution is 6.02. The molecule has 0 fully saturated rings. The van der Waals surface area contributed by atoms with Crippen LogP contribution in [0.3, 0.4) is 0 Å². The van der Waals surface area contributed by atoms with Gasteiger partial charge in [-0.25, -0.2) is 0 Å². The molecular formula is C14H12NO. The third-order valence-corrected chi connectivity index (χ3v) is 2.28. The second-order valence-electron chi connectivity index (χ2n) is 3.40. The zero-order valence-corrected chi connectivity index (χ0v) is 8.84. The summed E-state index contributed by atoms with van der Waals surface area (Å²) in [5.74, 6) is -0.239. The highest BCUT2D eigenvalue weighted by atomic mass is 16.2. The second-order valence-corrected chi connectivity index (χ2v) is 3.40. The van der Waals surface area contributed by atoms with Gasteiger partial charge in [0.2, 0.25) is 5.91 Å². The Morgan fingerprint density at radius 1 is 0.812 bits per heavy atom. The van der Waals surface area contributed by atoms with E-state index in [4.69, 9.17) is 0 Å². The van der Waals surface area contributed by atoms with Gasteiger partial charge in [-0.05, 0) is 24.3 Å². The molecule has 2 rings (SSSR count). The second kappa shape index (κ2) is 4.62. The number of carbonyl (C=O) groups excluding carboxylic acids is 1. The largest absolute Gasteiger partial charge is 0.281 e. The number of benzene rings is 2. The first kappa shape index (κ1) is 10.4. The molecule has 2 aromatic carbocycles. The van der Waals surface area contributed by atoms with Crippen LogP contribution >= 0.6 is 0 Å². The van der Waals surface area contributed by atoms with Crippen LogP contribution in [0, 0.1) is 6.92 Å². The Bertz CT molecular complexity index is 425. The van der Waals surface area contributed by atoms with Crippen LogP contribution in [0.5, 0.6) is 0 Å². The summed E-state index contributed by atoms with van der Waals surface area (Å²) in [6.07, 6.45) is 0. The zero-order valence-electron chi connectivity index (χ0n) is 8.84. The third kappa shape index (κ3) is 2.11. The Morgan fingerprint density at radius 3 is 1.50 bits per heavy atom. The van der Waals surface area contributed by atoms with Crippen LogP contribution in [0.1, 0.15) is 0 Å². The Morgan fingerprint density at radius 2 is 1.19 bits per heavy atom. The fourth-order valence-corrected chi connectivity index (χ4v) is 1.59. The minimum absolute atomic E-state index is 0.239. The summed E-state index contributed by atoms with van der Waals surface area (Å²) in [5.41, 5.74) is 1.66. The maximum atomic E-state index is 11.6. The number of rotatable bonds is 2. The SMILES string of the molecule is [CH2]C(=O)N(c1ccccc1)c1ccccc1. The van der Waals surface area contributed by atoms with E-state index in [1.807, 2.05) is 60.7 Å². The molecule has 0 unspecified atom stereocenters. The lowest BCUT2D eigenvalue weighted by Gasteiger charge is -2.20. The summed E-state index contributed by atoms with van der Waals surface area (Å²) >= 11 is 0. The van der Waals surface area contributed by atoms with E-state index < -0.39 is 0 Å². The predicted molar refractivity (Wildman–Crippen MR) is 65.4 cm³/mol. The standard InChI is InChI=1S/C14H12NO/c1-12(16)15(13-8-4-2-5-9-13)14-10-6-3-7-11-14/h2-11H,1H2. The summed E-state index contributed by atoms with van der Waals surface area (Å²) in [6.45, 7) is 3.48. The van der Waals surface area contributed by atoms with E-state index in [-0.39, 0.29) is 5.91 Å². The summed E-state index contributed by atoms with van der Waals surface area (Å²) < 4.78 is 0. The highest BCUT2D eigenvalue weighted by Crippen LogP contribution is 2.24. The first-order chi connectivity index (χ1) is 7.79. The Hall–Kier alpha value is -2.09. The van der Waals surface area contributed by atoms with Crippen LogP contribution in [0.15, 0.2) is 60.7 Å². The number of hydrogen-bond acceptors (Lipinski definition) is 1. The van der Waals surface area contributed by atoms with Crippen molar-refractivity contribution in [1.82, 2.24) is 0 Å². The summed E-state index contributed by atoms with van der Waals surface area (Å²) in [5, 5.41) is 0. The number of hydrogen-bond donors (Lipinski definition) is 0. The third-order valence-electron chi connectivity index (χ3n) is 2.28. The molecule has 0 N–H and O–H groups in total. The van der Waals surface area contributed by atoms with E-state index in [9.17, 15) is 4.79 Å². The maximum Gasteiger partial charge on any atom is 0.232 e. The van der Waals surface area contributed by atoms with Gasteiger partial charge in [-0.2, -0.15) is 0 Å². The predicted octanol–water partition coefficient (Wildman–Crippen LogP) is 3.19. The van der Waals surface area contributed by atoms with Crippen molar-refractivity contribution < 1.29 is 4.79 Å². The molecule has 79 valence electrons. The lowest BCUT2D eigenvalue weighted by atomic mass is 10.2. The highest BCUT2D eigenvalue weighted by Gasteiger charge is 2.12. The molecule has 2 nitrogen and oxygen atoms in total. The van der Waals surface area contributed by atoms with Gasteiger partial charge in [-0.15, -0.1) is 0 Å². The van der Waals surface area contributed by atoms with Gasteiger partial charge in [0.05, 0.1) is 0 Å². The molecule has 0 bridgehead atoms. The van der Waals surface area contributed by atoms with Gasteiger partial charge in [0.1, 0.15) is 0 Å². The average Bonchev–Trinajstić information content (AvgIpc) is 2.31. The van der Waals surface area contributed by atoms with Crippen molar-refractivity contribution in [3.05, 3.63) is 67.6 Å².